The average Bonchev–Trinajstić information content (AvgIpc) is 2.66. The zero-order valence-electron chi connectivity index (χ0n) is 13.7. The van der Waals surface area contributed by atoms with Gasteiger partial charge in [0, 0.05) is 0 Å². The van der Waals surface area contributed by atoms with Gasteiger partial charge in [-0.25, -0.2) is 5.43 Å². The van der Waals surface area contributed by atoms with Crippen LogP contribution in [0.4, 0.5) is 11.8 Å². The highest BCUT2D eigenvalue weighted by atomic mass is 15.4. The summed E-state index contributed by atoms with van der Waals surface area (Å²) in [7, 11) is 0. The Kier molecular flexibility index (Phi) is 5.40. The molecule has 0 aliphatic carbocycles. The van der Waals surface area contributed by atoms with E-state index >= 15 is 0 Å². The van der Waals surface area contributed by atoms with E-state index < -0.39 is 0 Å². The fourth-order valence-corrected chi connectivity index (χ4v) is 1.94. The molecule has 7 heteroatoms. The van der Waals surface area contributed by atoms with E-state index in [1.807, 2.05) is 60.7 Å². The number of hydrogen-bond acceptors (Lipinski definition) is 7. The molecule has 0 aliphatic rings. The van der Waals surface area contributed by atoms with Crippen LogP contribution in [0.5, 0.6) is 0 Å². The van der Waals surface area contributed by atoms with E-state index in [-0.39, 0.29) is 5.95 Å². The summed E-state index contributed by atoms with van der Waals surface area (Å²) < 4.78 is 0. The van der Waals surface area contributed by atoms with Crippen molar-refractivity contribution >= 4 is 24.2 Å². The molecule has 7 nitrogen and oxygen atoms in total. The van der Waals surface area contributed by atoms with Gasteiger partial charge in [0.1, 0.15) is 5.69 Å². The molecule has 0 spiro atoms. The summed E-state index contributed by atoms with van der Waals surface area (Å²) in [6, 6.07) is 19.5. The maximum atomic E-state index is 4.31. The fourth-order valence-electron chi connectivity index (χ4n) is 1.94. The first-order valence-corrected chi connectivity index (χ1v) is 7.71. The molecule has 0 unspecified atom stereocenters. The van der Waals surface area contributed by atoms with E-state index in [4.69, 9.17) is 0 Å². The van der Waals surface area contributed by atoms with Gasteiger partial charge in [-0.1, -0.05) is 60.7 Å². The minimum absolute atomic E-state index is 0.287. The van der Waals surface area contributed by atoms with Gasteiger partial charge < -0.3 is 0 Å². The molecule has 0 saturated carbocycles. The third-order valence-electron chi connectivity index (χ3n) is 3.22. The van der Waals surface area contributed by atoms with Crippen LogP contribution in [0.15, 0.2) is 70.9 Å². The highest BCUT2D eigenvalue weighted by molar-refractivity contribution is 5.80. The van der Waals surface area contributed by atoms with Gasteiger partial charge in [-0.3, -0.25) is 5.43 Å². The van der Waals surface area contributed by atoms with E-state index in [1.54, 1.807) is 19.4 Å². The third-order valence-corrected chi connectivity index (χ3v) is 3.22. The molecule has 0 bridgehead atoms. The smallest absolute Gasteiger partial charge is 0.260 e. The van der Waals surface area contributed by atoms with E-state index in [9.17, 15) is 0 Å². The molecule has 3 aromatic rings. The maximum absolute atomic E-state index is 4.31. The Morgan fingerprint density at radius 3 is 1.92 bits per heavy atom. The van der Waals surface area contributed by atoms with Gasteiger partial charge in [0.15, 0.2) is 5.82 Å². The second kappa shape index (κ2) is 8.30. The van der Waals surface area contributed by atoms with Crippen LogP contribution < -0.4 is 10.9 Å². The molecule has 0 atom stereocenters. The monoisotopic (exact) mass is 331 g/mol. The standard InChI is InChI=1S/C18H17N7/c1-14-17(23-19-12-15-8-4-2-5-9-15)21-18(25-22-14)24-20-13-16-10-6-3-7-11-16/h2-13H,1H3,(H2,21,23,24,25)/b19-12-,20-13-. The number of hydrazone groups is 2. The Morgan fingerprint density at radius 2 is 1.32 bits per heavy atom. The van der Waals surface area contributed by atoms with E-state index in [1.165, 1.54) is 0 Å². The van der Waals surface area contributed by atoms with Gasteiger partial charge in [0.25, 0.3) is 5.95 Å². The van der Waals surface area contributed by atoms with Crippen LogP contribution in [-0.2, 0) is 0 Å². The van der Waals surface area contributed by atoms with Crippen LogP contribution >= 0.6 is 0 Å². The lowest BCUT2D eigenvalue weighted by molar-refractivity contribution is 0.922. The molecular weight excluding hydrogens is 314 g/mol. The van der Waals surface area contributed by atoms with Crippen molar-refractivity contribution in [3.8, 4) is 0 Å². The Bertz CT molecular complexity index is 861. The van der Waals surface area contributed by atoms with Crippen LogP contribution in [0.1, 0.15) is 16.8 Å². The summed E-state index contributed by atoms with van der Waals surface area (Å²) in [5.74, 6) is 0.801. The number of aryl methyl sites for hydroxylation is 1. The summed E-state index contributed by atoms with van der Waals surface area (Å²) in [6.07, 6.45) is 3.39. The van der Waals surface area contributed by atoms with Gasteiger partial charge in [-0.15, -0.1) is 10.2 Å². The average molecular weight is 331 g/mol. The van der Waals surface area contributed by atoms with Crippen molar-refractivity contribution < 1.29 is 0 Å². The van der Waals surface area contributed by atoms with Crippen molar-refractivity contribution in [3.63, 3.8) is 0 Å². The first-order valence-electron chi connectivity index (χ1n) is 7.71. The van der Waals surface area contributed by atoms with Crippen LogP contribution in [-0.4, -0.2) is 27.6 Å². The summed E-state index contributed by atoms with van der Waals surface area (Å²) >= 11 is 0. The number of aromatic nitrogens is 3. The SMILES string of the molecule is Cc1nnc(N/N=C\c2ccccc2)nc1N/N=C\c1ccccc1. The molecule has 2 N–H and O–H groups in total. The molecule has 0 radical (unpaired) electrons. The zero-order chi connectivity index (χ0) is 17.3. The van der Waals surface area contributed by atoms with Crippen LogP contribution in [0, 0.1) is 6.92 Å². The van der Waals surface area contributed by atoms with Crippen molar-refractivity contribution in [3.05, 3.63) is 77.5 Å². The molecule has 1 heterocycles. The van der Waals surface area contributed by atoms with Crippen molar-refractivity contribution in [2.75, 3.05) is 10.9 Å². The predicted octanol–water partition coefficient (Wildman–Crippen LogP) is 3.07. The number of benzene rings is 2. The first-order chi connectivity index (χ1) is 12.3. The van der Waals surface area contributed by atoms with Gasteiger partial charge in [-0.2, -0.15) is 15.2 Å². The number of anilines is 2. The van der Waals surface area contributed by atoms with E-state index in [0.717, 1.165) is 11.1 Å². The van der Waals surface area contributed by atoms with Gasteiger partial charge in [-0.05, 0) is 18.1 Å². The lowest BCUT2D eigenvalue weighted by Crippen LogP contribution is -2.05. The summed E-state index contributed by atoms with van der Waals surface area (Å²) in [4.78, 5) is 4.31. The normalized spacial score (nSPS) is 11.1. The Labute approximate surface area is 145 Å². The van der Waals surface area contributed by atoms with Crippen molar-refractivity contribution in [1.29, 1.82) is 0 Å². The zero-order valence-corrected chi connectivity index (χ0v) is 13.7. The number of nitrogens with zero attached hydrogens (tertiary/aromatic N) is 5. The van der Waals surface area contributed by atoms with Crippen molar-refractivity contribution in [2.24, 2.45) is 10.2 Å². The summed E-state index contributed by atoms with van der Waals surface area (Å²) in [5, 5.41) is 16.3. The number of hydrogen-bond donors (Lipinski definition) is 2. The third kappa shape index (κ3) is 4.93. The minimum Gasteiger partial charge on any atom is -0.260 e. The van der Waals surface area contributed by atoms with Crippen LogP contribution in [0.3, 0.4) is 0 Å². The summed E-state index contributed by atoms with van der Waals surface area (Å²) in [5.41, 5.74) is 8.24. The molecular formula is C18H17N7. The van der Waals surface area contributed by atoms with Crippen molar-refractivity contribution in [1.82, 2.24) is 15.2 Å². The first kappa shape index (κ1) is 16.3. The second-order valence-corrected chi connectivity index (χ2v) is 5.13. The quantitative estimate of drug-likeness (QED) is 0.535. The van der Waals surface area contributed by atoms with Gasteiger partial charge in [0.2, 0.25) is 0 Å². The largest absolute Gasteiger partial charge is 0.265 e. The Hall–Kier alpha value is -3.61. The molecule has 3 rings (SSSR count). The molecule has 124 valence electrons. The lowest BCUT2D eigenvalue weighted by atomic mass is 10.2. The van der Waals surface area contributed by atoms with E-state index in [0.29, 0.717) is 11.5 Å². The molecule has 2 aromatic carbocycles. The van der Waals surface area contributed by atoms with E-state index in [2.05, 4.69) is 36.2 Å². The molecule has 0 amide bonds. The predicted molar refractivity (Wildman–Crippen MR) is 99.9 cm³/mol. The molecule has 0 aliphatic heterocycles. The topological polar surface area (TPSA) is 87.5 Å². The molecule has 0 saturated heterocycles. The minimum atomic E-state index is 0.287. The van der Waals surface area contributed by atoms with Gasteiger partial charge >= 0.3 is 0 Å². The number of rotatable bonds is 6. The van der Waals surface area contributed by atoms with Crippen LogP contribution in [0.25, 0.3) is 0 Å². The maximum Gasteiger partial charge on any atom is 0.265 e. The number of nitrogens with one attached hydrogen (secondary N) is 2. The van der Waals surface area contributed by atoms with Crippen LogP contribution in [0.2, 0.25) is 0 Å². The lowest BCUT2D eigenvalue weighted by Gasteiger charge is -2.04. The second-order valence-electron chi connectivity index (χ2n) is 5.13. The van der Waals surface area contributed by atoms with Gasteiger partial charge in [0.05, 0.1) is 12.4 Å². The Morgan fingerprint density at radius 1 is 0.760 bits per heavy atom. The summed E-state index contributed by atoms with van der Waals surface area (Å²) in [6.45, 7) is 1.80. The highest BCUT2D eigenvalue weighted by Crippen LogP contribution is 2.09. The molecule has 0 fully saturated rings. The fraction of sp³-hybridized carbons (Fsp3) is 0.0556. The highest BCUT2D eigenvalue weighted by Gasteiger charge is 2.03. The molecule has 25 heavy (non-hydrogen) atoms. The Balaban J connectivity index is 1.64. The molecule has 1 aromatic heterocycles. The van der Waals surface area contributed by atoms with Crippen molar-refractivity contribution in [2.45, 2.75) is 6.92 Å².